The Labute approximate surface area is 145 Å². The molecule has 1 fully saturated rings. The molecule has 1 aromatic carbocycles. The molecule has 3 unspecified atom stereocenters. The van der Waals surface area contributed by atoms with Crippen molar-refractivity contribution in [3.63, 3.8) is 0 Å². The molecule has 3 nitrogen and oxygen atoms in total. The summed E-state index contributed by atoms with van der Waals surface area (Å²) in [7, 11) is 1.77. The zero-order valence-corrected chi connectivity index (χ0v) is 15.0. The lowest BCUT2D eigenvalue weighted by molar-refractivity contribution is -0.133. The summed E-state index contributed by atoms with van der Waals surface area (Å²) in [5, 5.41) is 3.40. The van der Waals surface area contributed by atoms with Gasteiger partial charge in [0.1, 0.15) is 5.82 Å². The first kappa shape index (κ1) is 19.9. The van der Waals surface area contributed by atoms with E-state index < -0.39 is 0 Å². The van der Waals surface area contributed by atoms with E-state index in [1.807, 2.05) is 13.0 Å². The summed E-state index contributed by atoms with van der Waals surface area (Å²) in [6.45, 7) is 6.11. The van der Waals surface area contributed by atoms with Crippen LogP contribution in [-0.2, 0) is 4.79 Å². The van der Waals surface area contributed by atoms with E-state index in [0.717, 1.165) is 13.1 Å². The molecule has 0 aliphatic carbocycles. The molecular weight excluding hydrogens is 315 g/mol. The summed E-state index contributed by atoms with van der Waals surface area (Å²) in [5.74, 6) is 0.762. The highest BCUT2D eigenvalue weighted by Gasteiger charge is 2.25. The van der Waals surface area contributed by atoms with Crippen LogP contribution in [0.4, 0.5) is 4.39 Å². The van der Waals surface area contributed by atoms with Crippen molar-refractivity contribution in [3.8, 4) is 0 Å². The number of carbonyl (C=O) groups excluding carboxylic acids is 1. The molecule has 23 heavy (non-hydrogen) atoms. The number of piperidine rings is 1. The molecule has 2 rings (SSSR count). The minimum atomic E-state index is -0.251. The van der Waals surface area contributed by atoms with E-state index in [9.17, 15) is 9.18 Å². The van der Waals surface area contributed by atoms with Crippen molar-refractivity contribution in [2.24, 2.45) is 11.8 Å². The molecule has 0 aromatic heterocycles. The van der Waals surface area contributed by atoms with Gasteiger partial charge in [0, 0.05) is 19.0 Å². The molecule has 1 heterocycles. The average Bonchev–Trinajstić information content (AvgIpc) is 2.54. The molecule has 1 aliphatic rings. The zero-order chi connectivity index (χ0) is 16.1. The predicted octanol–water partition coefficient (Wildman–Crippen LogP) is 3.79. The molecule has 0 spiro atoms. The molecule has 0 saturated carbocycles. The maximum atomic E-state index is 13.9. The standard InChI is InChI=1S/C18H27FN2O.ClH/c1-13(15-7-6-10-20-12-15)11-18(22)21(3)14(2)16-8-4-5-9-17(16)19;/h4-5,8-9,13-15,20H,6-7,10-12H2,1-3H3;1H. The van der Waals surface area contributed by atoms with Crippen molar-refractivity contribution < 1.29 is 9.18 Å². The van der Waals surface area contributed by atoms with E-state index >= 15 is 0 Å². The fraction of sp³-hybridized carbons (Fsp3) is 0.611. The number of hydrogen-bond acceptors (Lipinski definition) is 2. The van der Waals surface area contributed by atoms with Crippen LogP contribution in [0.5, 0.6) is 0 Å². The van der Waals surface area contributed by atoms with Gasteiger partial charge in [-0.3, -0.25) is 4.79 Å². The first-order chi connectivity index (χ1) is 10.5. The number of nitrogens with zero attached hydrogens (tertiary/aromatic N) is 1. The fourth-order valence-corrected chi connectivity index (χ4v) is 3.19. The quantitative estimate of drug-likeness (QED) is 0.882. The Morgan fingerprint density at radius 2 is 2.09 bits per heavy atom. The third kappa shape index (κ3) is 5.18. The van der Waals surface area contributed by atoms with Gasteiger partial charge in [-0.05, 0) is 50.8 Å². The van der Waals surface area contributed by atoms with Gasteiger partial charge in [0.05, 0.1) is 6.04 Å². The number of benzene rings is 1. The molecule has 5 heteroatoms. The van der Waals surface area contributed by atoms with Crippen LogP contribution in [0.2, 0.25) is 0 Å². The zero-order valence-electron chi connectivity index (χ0n) is 14.2. The average molecular weight is 343 g/mol. The van der Waals surface area contributed by atoms with Crippen LogP contribution in [0.15, 0.2) is 24.3 Å². The fourth-order valence-electron chi connectivity index (χ4n) is 3.19. The van der Waals surface area contributed by atoms with E-state index in [-0.39, 0.29) is 30.2 Å². The van der Waals surface area contributed by atoms with Gasteiger partial charge in [-0.1, -0.05) is 25.1 Å². The Morgan fingerprint density at radius 3 is 2.70 bits per heavy atom. The van der Waals surface area contributed by atoms with Gasteiger partial charge in [-0.15, -0.1) is 12.4 Å². The highest BCUT2D eigenvalue weighted by molar-refractivity contribution is 5.85. The third-order valence-corrected chi connectivity index (χ3v) is 4.97. The summed E-state index contributed by atoms with van der Waals surface area (Å²) >= 11 is 0. The van der Waals surface area contributed by atoms with Gasteiger partial charge in [-0.25, -0.2) is 4.39 Å². The normalized spacial score (nSPS) is 20.3. The van der Waals surface area contributed by atoms with Crippen molar-refractivity contribution in [3.05, 3.63) is 35.6 Å². The predicted molar refractivity (Wildman–Crippen MR) is 94.2 cm³/mol. The Bertz CT molecular complexity index is 506. The molecule has 130 valence electrons. The van der Waals surface area contributed by atoms with E-state index in [1.54, 1.807) is 24.1 Å². The van der Waals surface area contributed by atoms with Gasteiger partial charge in [-0.2, -0.15) is 0 Å². The van der Waals surface area contributed by atoms with Crippen LogP contribution in [0.25, 0.3) is 0 Å². The molecule has 1 saturated heterocycles. The number of carbonyl (C=O) groups is 1. The SMILES string of the molecule is CC(CC(=O)N(C)C(C)c1ccccc1F)C1CCCNC1.Cl. The number of rotatable bonds is 5. The Kier molecular flexibility index (Phi) is 8.00. The van der Waals surface area contributed by atoms with Gasteiger partial charge in [0.15, 0.2) is 0 Å². The van der Waals surface area contributed by atoms with E-state index in [0.29, 0.717) is 23.8 Å². The molecule has 1 aromatic rings. The Balaban J connectivity index is 0.00000264. The number of amides is 1. The first-order valence-electron chi connectivity index (χ1n) is 8.21. The van der Waals surface area contributed by atoms with Crippen molar-refractivity contribution in [1.82, 2.24) is 10.2 Å². The summed E-state index contributed by atoms with van der Waals surface area (Å²) in [6, 6.07) is 6.43. The molecule has 1 aliphatic heterocycles. The minimum absolute atomic E-state index is 0. The maximum Gasteiger partial charge on any atom is 0.223 e. The lowest BCUT2D eigenvalue weighted by Crippen LogP contribution is -2.36. The van der Waals surface area contributed by atoms with Crippen LogP contribution in [0, 0.1) is 17.7 Å². The van der Waals surface area contributed by atoms with Crippen LogP contribution in [0.1, 0.15) is 44.7 Å². The Hall–Kier alpha value is -1.13. The number of halogens is 2. The van der Waals surface area contributed by atoms with Gasteiger partial charge < -0.3 is 10.2 Å². The summed E-state index contributed by atoms with van der Waals surface area (Å²) in [6.07, 6.45) is 2.90. The van der Waals surface area contributed by atoms with Crippen LogP contribution < -0.4 is 5.32 Å². The van der Waals surface area contributed by atoms with Crippen LogP contribution in [-0.4, -0.2) is 30.9 Å². The maximum absolute atomic E-state index is 13.9. The molecule has 0 radical (unpaired) electrons. The molecule has 3 atom stereocenters. The second kappa shape index (κ2) is 9.24. The summed E-state index contributed by atoms with van der Waals surface area (Å²) in [5.41, 5.74) is 0.574. The second-order valence-electron chi connectivity index (χ2n) is 6.49. The number of nitrogens with one attached hydrogen (secondary N) is 1. The topological polar surface area (TPSA) is 32.3 Å². The van der Waals surface area contributed by atoms with Gasteiger partial charge in [0.25, 0.3) is 0 Å². The van der Waals surface area contributed by atoms with Gasteiger partial charge in [0.2, 0.25) is 5.91 Å². The monoisotopic (exact) mass is 342 g/mol. The summed E-state index contributed by atoms with van der Waals surface area (Å²) in [4.78, 5) is 14.2. The van der Waals surface area contributed by atoms with Crippen molar-refractivity contribution in [2.45, 2.75) is 39.2 Å². The van der Waals surface area contributed by atoms with Crippen molar-refractivity contribution in [1.29, 1.82) is 0 Å². The highest BCUT2D eigenvalue weighted by atomic mass is 35.5. The van der Waals surface area contributed by atoms with Crippen LogP contribution in [0.3, 0.4) is 0 Å². The second-order valence-corrected chi connectivity index (χ2v) is 6.49. The number of hydrogen-bond donors (Lipinski definition) is 1. The van der Waals surface area contributed by atoms with Crippen molar-refractivity contribution in [2.75, 3.05) is 20.1 Å². The largest absolute Gasteiger partial charge is 0.339 e. The highest BCUT2D eigenvalue weighted by Crippen LogP contribution is 2.26. The lowest BCUT2D eigenvalue weighted by atomic mass is 9.85. The van der Waals surface area contributed by atoms with Crippen LogP contribution >= 0.6 is 12.4 Å². The summed E-state index contributed by atoms with van der Waals surface area (Å²) < 4.78 is 13.9. The first-order valence-corrected chi connectivity index (χ1v) is 8.21. The Morgan fingerprint density at radius 1 is 1.39 bits per heavy atom. The van der Waals surface area contributed by atoms with E-state index in [4.69, 9.17) is 0 Å². The lowest BCUT2D eigenvalue weighted by Gasteiger charge is -2.31. The van der Waals surface area contributed by atoms with Gasteiger partial charge >= 0.3 is 0 Å². The third-order valence-electron chi connectivity index (χ3n) is 4.97. The van der Waals surface area contributed by atoms with E-state index in [1.165, 1.54) is 18.9 Å². The molecule has 0 bridgehead atoms. The molecule has 1 amide bonds. The minimum Gasteiger partial charge on any atom is -0.339 e. The smallest absolute Gasteiger partial charge is 0.223 e. The van der Waals surface area contributed by atoms with E-state index in [2.05, 4.69) is 12.2 Å². The molecular formula is C18H28ClFN2O. The van der Waals surface area contributed by atoms with Crippen molar-refractivity contribution >= 4 is 18.3 Å². The molecule has 1 N–H and O–H groups in total.